The van der Waals surface area contributed by atoms with E-state index in [1.807, 2.05) is 0 Å². The molecule has 0 aliphatic heterocycles. The van der Waals surface area contributed by atoms with Crippen molar-refractivity contribution in [3.05, 3.63) is 47.5 Å². The average Bonchev–Trinajstić information content (AvgIpc) is 2.43. The number of aryl methyl sites for hydroxylation is 1. The molecule has 2 aromatic carbocycles. The summed E-state index contributed by atoms with van der Waals surface area (Å²) in [6, 6.07) is 9.73. The first-order valence-corrected chi connectivity index (χ1v) is 6.05. The van der Waals surface area contributed by atoms with Crippen LogP contribution in [-0.2, 0) is 0 Å². The van der Waals surface area contributed by atoms with Crippen LogP contribution in [-0.4, -0.2) is 18.1 Å². The molecule has 4 N–H and O–H groups in total. The van der Waals surface area contributed by atoms with Gasteiger partial charge in [-0.1, -0.05) is 0 Å². The molecule has 0 saturated heterocycles. The van der Waals surface area contributed by atoms with Gasteiger partial charge in [0.05, 0.1) is 12.7 Å². The van der Waals surface area contributed by atoms with Crippen molar-refractivity contribution in [2.75, 3.05) is 18.2 Å². The molecule has 0 heterocycles. The van der Waals surface area contributed by atoms with Gasteiger partial charge in [-0.3, -0.25) is 4.79 Å². The Morgan fingerprint density at radius 2 is 2.00 bits per heavy atom. The van der Waals surface area contributed by atoms with Crippen LogP contribution in [0.15, 0.2) is 36.4 Å². The lowest BCUT2D eigenvalue weighted by atomic mass is 10.1. The highest BCUT2D eigenvalue weighted by molar-refractivity contribution is 6.08. The number of benzene rings is 2. The number of aromatic hydroxyl groups is 1. The third kappa shape index (κ3) is 2.83. The molecule has 2 aromatic rings. The van der Waals surface area contributed by atoms with Crippen LogP contribution in [0.3, 0.4) is 0 Å². The van der Waals surface area contributed by atoms with Gasteiger partial charge in [0.1, 0.15) is 11.5 Å². The van der Waals surface area contributed by atoms with Gasteiger partial charge in [0, 0.05) is 11.4 Å². The van der Waals surface area contributed by atoms with Crippen LogP contribution in [0.25, 0.3) is 0 Å². The molecule has 0 unspecified atom stereocenters. The zero-order valence-corrected chi connectivity index (χ0v) is 11.3. The number of hydrogen-bond donors (Lipinski definition) is 3. The van der Waals surface area contributed by atoms with E-state index >= 15 is 0 Å². The molecule has 104 valence electrons. The Kier molecular flexibility index (Phi) is 3.79. The lowest BCUT2D eigenvalue weighted by Crippen LogP contribution is -2.14. The highest BCUT2D eigenvalue weighted by atomic mass is 16.5. The van der Waals surface area contributed by atoms with E-state index in [-0.39, 0.29) is 11.7 Å². The summed E-state index contributed by atoms with van der Waals surface area (Å²) in [6.45, 7) is 1.75. The maximum Gasteiger partial charge on any atom is 0.257 e. The zero-order chi connectivity index (χ0) is 14.7. The van der Waals surface area contributed by atoms with Crippen LogP contribution < -0.4 is 15.8 Å². The van der Waals surface area contributed by atoms with E-state index in [1.165, 1.54) is 13.2 Å². The van der Waals surface area contributed by atoms with Crippen LogP contribution >= 0.6 is 0 Å². The Bertz CT molecular complexity index is 654. The Labute approximate surface area is 117 Å². The molecular weight excluding hydrogens is 256 g/mol. The average molecular weight is 272 g/mol. The van der Waals surface area contributed by atoms with Crippen molar-refractivity contribution < 1.29 is 14.6 Å². The van der Waals surface area contributed by atoms with Crippen molar-refractivity contribution in [1.29, 1.82) is 0 Å². The molecule has 1 amide bonds. The summed E-state index contributed by atoms with van der Waals surface area (Å²) >= 11 is 0. The first kappa shape index (κ1) is 13.7. The van der Waals surface area contributed by atoms with Crippen molar-refractivity contribution in [3.63, 3.8) is 0 Å². The van der Waals surface area contributed by atoms with E-state index in [2.05, 4.69) is 5.32 Å². The predicted molar refractivity (Wildman–Crippen MR) is 78.2 cm³/mol. The van der Waals surface area contributed by atoms with Crippen molar-refractivity contribution >= 4 is 17.3 Å². The van der Waals surface area contributed by atoms with Gasteiger partial charge in [-0.05, 0) is 48.9 Å². The molecule has 0 fully saturated rings. The number of nitrogen functional groups attached to an aromatic ring is 1. The molecule has 0 saturated carbocycles. The SMILES string of the molecule is COc1ccc(N)c(C(=O)Nc2ccc(O)c(C)c2)c1. The van der Waals surface area contributed by atoms with E-state index in [0.717, 1.165) is 0 Å². The summed E-state index contributed by atoms with van der Waals surface area (Å²) in [5.41, 5.74) is 7.79. The van der Waals surface area contributed by atoms with Crippen molar-refractivity contribution in [2.45, 2.75) is 6.92 Å². The van der Waals surface area contributed by atoms with Gasteiger partial charge in [-0.2, -0.15) is 0 Å². The number of ether oxygens (including phenoxy) is 1. The van der Waals surface area contributed by atoms with Gasteiger partial charge < -0.3 is 20.9 Å². The lowest BCUT2D eigenvalue weighted by Gasteiger charge is -2.10. The summed E-state index contributed by atoms with van der Waals surface area (Å²) in [5, 5.41) is 12.2. The third-order valence-electron chi connectivity index (χ3n) is 2.96. The number of amides is 1. The molecule has 0 bridgehead atoms. The Morgan fingerprint density at radius 1 is 1.25 bits per heavy atom. The molecule has 20 heavy (non-hydrogen) atoms. The maximum atomic E-state index is 12.2. The van der Waals surface area contributed by atoms with E-state index in [1.54, 1.807) is 37.3 Å². The third-order valence-corrected chi connectivity index (χ3v) is 2.96. The minimum atomic E-state index is -0.327. The first-order chi connectivity index (χ1) is 9.51. The fraction of sp³-hybridized carbons (Fsp3) is 0.133. The molecule has 0 spiro atoms. The number of carbonyl (C=O) groups is 1. The van der Waals surface area contributed by atoms with E-state index in [0.29, 0.717) is 28.3 Å². The molecular formula is C15H16N2O3. The lowest BCUT2D eigenvalue weighted by molar-refractivity contribution is 0.102. The van der Waals surface area contributed by atoms with Gasteiger partial charge in [0.2, 0.25) is 0 Å². The smallest absolute Gasteiger partial charge is 0.257 e. The Morgan fingerprint density at radius 3 is 2.65 bits per heavy atom. The van der Waals surface area contributed by atoms with Gasteiger partial charge in [0.25, 0.3) is 5.91 Å². The molecule has 0 atom stereocenters. The van der Waals surface area contributed by atoms with E-state index in [4.69, 9.17) is 10.5 Å². The summed E-state index contributed by atoms with van der Waals surface area (Å²) in [7, 11) is 1.52. The van der Waals surface area contributed by atoms with Gasteiger partial charge >= 0.3 is 0 Å². The van der Waals surface area contributed by atoms with Gasteiger partial charge in [-0.15, -0.1) is 0 Å². The molecule has 0 aliphatic carbocycles. The number of nitrogens with two attached hydrogens (primary N) is 1. The number of phenols is 1. The van der Waals surface area contributed by atoms with Crippen LogP contribution in [0.4, 0.5) is 11.4 Å². The minimum Gasteiger partial charge on any atom is -0.508 e. The number of rotatable bonds is 3. The molecule has 0 radical (unpaired) electrons. The van der Waals surface area contributed by atoms with Crippen molar-refractivity contribution in [2.24, 2.45) is 0 Å². The predicted octanol–water partition coefficient (Wildman–Crippen LogP) is 2.54. The van der Waals surface area contributed by atoms with Crippen LogP contribution in [0.1, 0.15) is 15.9 Å². The number of phenolic OH excluding ortho intramolecular Hbond substituents is 1. The molecule has 0 aliphatic rings. The second-order valence-corrected chi connectivity index (χ2v) is 4.41. The highest BCUT2D eigenvalue weighted by Crippen LogP contribution is 2.23. The monoisotopic (exact) mass is 272 g/mol. The maximum absolute atomic E-state index is 12.2. The summed E-state index contributed by atoms with van der Waals surface area (Å²) in [4.78, 5) is 12.2. The topological polar surface area (TPSA) is 84.6 Å². The van der Waals surface area contributed by atoms with E-state index in [9.17, 15) is 9.90 Å². The number of carbonyl (C=O) groups excluding carboxylic acids is 1. The zero-order valence-electron chi connectivity index (χ0n) is 11.3. The second kappa shape index (κ2) is 5.52. The molecule has 2 rings (SSSR count). The number of anilines is 2. The van der Waals surface area contributed by atoms with Gasteiger partial charge in [-0.25, -0.2) is 0 Å². The number of methoxy groups -OCH3 is 1. The fourth-order valence-electron chi connectivity index (χ4n) is 1.79. The number of nitrogens with one attached hydrogen (secondary N) is 1. The largest absolute Gasteiger partial charge is 0.508 e. The van der Waals surface area contributed by atoms with Crippen LogP contribution in [0.5, 0.6) is 11.5 Å². The van der Waals surface area contributed by atoms with E-state index < -0.39 is 0 Å². The summed E-state index contributed by atoms with van der Waals surface area (Å²) in [5.74, 6) is 0.418. The highest BCUT2D eigenvalue weighted by Gasteiger charge is 2.11. The van der Waals surface area contributed by atoms with Gasteiger partial charge in [0.15, 0.2) is 0 Å². The summed E-state index contributed by atoms with van der Waals surface area (Å²) < 4.78 is 5.08. The molecule has 0 aromatic heterocycles. The first-order valence-electron chi connectivity index (χ1n) is 6.05. The Hall–Kier alpha value is -2.69. The number of hydrogen-bond acceptors (Lipinski definition) is 4. The molecule has 5 heteroatoms. The van der Waals surface area contributed by atoms with Crippen molar-refractivity contribution in [1.82, 2.24) is 0 Å². The normalized spacial score (nSPS) is 10.1. The summed E-state index contributed by atoms with van der Waals surface area (Å²) in [6.07, 6.45) is 0. The van der Waals surface area contributed by atoms with Crippen molar-refractivity contribution in [3.8, 4) is 11.5 Å². The standard InChI is InChI=1S/C15H16N2O3/c1-9-7-10(3-6-14(9)18)17-15(19)12-8-11(20-2)4-5-13(12)16/h3-8,18H,16H2,1-2H3,(H,17,19). The fourth-order valence-corrected chi connectivity index (χ4v) is 1.79. The molecule has 5 nitrogen and oxygen atoms in total. The Balaban J connectivity index is 2.25. The van der Waals surface area contributed by atoms with Crippen LogP contribution in [0, 0.1) is 6.92 Å². The second-order valence-electron chi connectivity index (χ2n) is 4.41. The quantitative estimate of drug-likeness (QED) is 0.592. The van der Waals surface area contributed by atoms with Crippen LogP contribution in [0.2, 0.25) is 0 Å². The minimum absolute atomic E-state index is 0.184.